The van der Waals surface area contributed by atoms with Crippen LogP contribution in [0.5, 0.6) is 0 Å². The second-order valence-electron chi connectivity index (χ2n) is 2.49. The summed E-state index contributed by atoms with van der Waals surface area (Å²) < 4.78 is 0.794. The highest BCUT2D eigenvalue weighted by Gasteiger charge is 2.07. The number of hydrogen-bond donors (Lipinski definition) is 3. The third-order valence-electron chi connectivity index (χ3n) is 1.51. The number of hydrogen-bond acceptors (Lipinski definition) is 6. The lowest BCUT2D eigenvalue weighted by atomic mass is 10.7. The van der Waals surface area contributed by atoms with Crippen molar-refractivity contribution in [3.8, 4) is 0 Å². The van der Waals surface area contributed by atoms with Crippen LogP contribution in [0, 0.1) is 0 Å². The Labute approximate surface area is 98.2 Å². The maximum absolute atomic E-state index is 5.22. The zero-order chi connectivity index (χ0) is 10.7. The predicted molar refractivity (Wildman–Crippen MR) is 60.3 cm³/mol. The van der Waals surface area contributed by atoms with E-state index in [1.54, 1.807) is 18.6 Å². The van der Waals surface area contributed by atoms with Crippen molar-refractivity contribution in [3.05, 3.63) is 23.1 Å². The Hall–Kier alpha value is -1.12. The average molecular weight is 287 g/mol. The van der Waals surface area contributed by atoms with Gasteiger partial charge < -0.3 is 4.98 Å². The lowest BCUT2D eigenvalue weighted by molar-refractivity contribution is 0.992. The molecule has 0 saturated heterocycles. The molecular formula is C7H7BrN6S. The summed E-state index contributed by atoms with van der Waals surface area (Å²) in [5.41, 5.74) is 2.39. The topological polar surface area (TPSA) is 92.5 Å². The van der Waals surface area contributed by atoms with E-state index in [2.05, 4.69) is 41.3 Å². The number of halogens is 1. The second kappa shape index (κ2) is 4.60. The summed E-state index contributed by atoms with van der Waals surface area (Å²) in [4.78, 5) is 15.2. The molecule has 2 aromatic rings. The fourth-order valence-electron chi connectivity index (χ4n) is 0.891. The largest absolute Gasteiger partial charge is 0.339 e. The number of nitrogens with zero attached hydrogens (tertiary/aromatic N) is 3. The summed E-state index contributed by atoms with van der Waals surface area (Å²) in [6.07, 6.45) is 5.06. The van der Waals surface area contributed by atoms with Crippen molar-refractivity contribution in [1.29, 1.82) is 0 Å². The van der Waals surface area contributed by atoms with Crippen molar-refractivity contribution >= 4 is 33.6 Å². The highest BCUT2D eigenvalue weighted by atomic mass is 79.9. The average Bonchev–Trinajstić information content (AvgIpc) is 2.74. The monoisotopic (exact) mass is 286 g/mol. The Kier molecular flexibility index (Phi) is 3.19. The number of H-pyrrole nitrogens is 1. The molecule has 0 aliphatic carbocycles. The molecule has 0 radical (unpaired) electrons. The van der Waals surface area contributed by atoms with Gasteiger partial charge in [0.1, 0.15) is 5.03 Å². The Bertz CT molecular complexity index is 445. The van der Waals surface area contributed by atoms with E-state index >= 15 is 0 Å². The highest BCUT2D eigenvalue weighted by Crippen LogP contribution is 2.29. The molecule has 2 aromatic heterocycles. The summed E-state index contributed by atoms with van der Waals surface area (Å²) in [7, 11) is 0. The van der Waals surface area contributed by atoms with Crippen LogP contribution < -0.4 is 11.3 Å². The number of nitrogen functional groups attached to an aromatic ring is 1. The van der Waals surface area contributed by atoms with Crippen molar-refractivity contribution < 1.29 is 0 Å². The number of nitrogens with one attached hydrogen (secondary N) is 2. The molecule has 4 N–H and O–H groups in total. The Morgan fingerprint density at radius 1 is 1.47 bits per heavy atom. The molecule has 8 heteroatoms. The van der Waals surface area contributed by atoms with Crippen molar-refractivity contribution in [1.82, 2.24) is 19.9 Å². The van der Waals surface area contributed by atoms with Gasteiger partial charge in [-0.25, -0.2) is 20.8 Å². The molecule has 0 aliphatic rings. The van der Waals surface area contributed by atoms with E-state index in [4.69, 9.17) is 5.84 Å². The van der Waals surface area contributed by atoms with Gasteiger partial charge in [-0.15, -0.1) is 0 Å². The van der Waals surface area contributed by atoms with Gasteiger partial charge in [-0.1, -0.05) is 0 Å². The molecule has 0 bridgehead atoms. The van der Waals surface area contributed by atoms with Gasteiger partial charge in [0.2, 0.25) is 5.95 Å². The molecule has 0 fully saturated rings. The van der Waals surface area contributed by atoms with Crippen LogP contribution in [0.25, 0.3) is 0 Å². The van der Waals surface area contributed by atoms with Crippen LogP contribution in [0.1, 0.15) is 0 Å². The third kappa shape index (κ3) is 2.46. The Balaban J connectivity index is 2.27. The van der Waals surface area contributed by atoms with Crippen LogP contribution in [0.4, 0.5) is 5.95 Å². The molecule has 0 unspecified atom stereocenters. The maximum Gasteiger partial charge on any atom is 0.238 e. The molecule has 0 aliphatic heterocycles. The van der Waals surface area contributed by atoms with Crippen LogP contribution in [-0.4, -0.2) is 19.9 Å². The van der Waals surface area contributed by atoms with Crippen molar-refractivity contribution in [3.63, 3.8) is 0 Å². The minimum Gasteiger partial charge on any atom is -0.339 e. The quantitative estimate of drug-likeness (QED) is 0.449. The predicted octanol–water partition coefficient (Wildman–Crippen LogP) is 1.40. The van der Waals surface area contributed by atoms with Gasteiger partial charge in [0.25, 0.3) is 0 Å². The SMILES string of the molecule is NNc1ncc(Br)c(Sc2ncc[nH]2)n1. The number of aromatic nitrogens is 4. The summed E-state index contributed by atoms with van der Waals surface area (Å²) in [5.74, 6) is 5.59. The summed E-state index contributed by atoms with van der Waals surface area (Å²) in [5, 5.41) is 1.50. The van der Waals surface area contributed by atoms with E-state index in [9.17, 15) is 0 Å². The van der Waals surface area contributed by atoms with Gasteiger partial charge in [0, 0.05) is 18.6 Å². The van der Waals surface area contributed by atoms with Gasteiger partial charge in [-0.3, -0.25) is 5.43 Å². The first-order chi connectivity index (χ1) is 7.29. The molecule has 0 saturated carbocycles. The van der Waals surface area contributed by atoms with E-state index in [1.165, 1.54) is 11.8 Å². The fourth-order valence-corrected chi connectivity index (χ4v) is 2.03. The van der Waals surface area contributed by atoms with Gasteiger partial charge in [0.05, 0.1) is 4.47 Å². The van der Waals surface area contributed by atoms with E-state index < -0.39 is 0 Å². The Morgan fingerprint density at radius 2 is 2.33 bits per heavy atom. The first kappa shape index (κ1) is 10.4. The number of hydrazine groups is 1. The van der Waals surface area contributed by atoms with Crippen LogP contribution in [0.3, 0.4) is 0 Å². The molecule has 0 spiro atoms. The molecular weight excluding hydrogens is 280 g/mol. The minimum atomic E-state index is 0.368. The molecule has 0 aromatic carbocycles. The highest BCUT2D eigenvalue weighted by molar-refractivity contribution is 9.10. The van der Waals surface area contributed by atoms with Crippen molar-refractivity contribution in [2.24, 2.45) is 5.84 Å². The Morgan fingerprint density at radius 3 is 3.00 bits per heavy atom. The van der Waals surface area contributed by atoms with E-state index in [0.717, 1.165) is 14.7 Å². The minimum absolute atomic E-state index is 0.368. The van der Waals surface area contributed by atoms with Crippen molar-refractivity contribution in [2.45, 2.75) is 10.2 Å². The molecule has 6 nitrogen and oxygen atoms in total. The molecule has 15 heavy (non-hydrogen) atoms. The van der Waals surface area contributed by atoms with Gasteiger partial charge in [-0.2, -0.15) is 0 Å². The first-order valence-corrected chi connectivity index (χ1v) is 5.57. The molecule has 2 heterocycles. The lowest BCUT2D eigenvalue weighted by Gasteiger charge is -2.02. The van der Waals surface area contributed by atoms with Crippen LogP contribution in [-0.2, 0) is 0 Å². The zero-order valence-corrected chi connectivity index (χ0v) is 9.84. The number of rotatable bonds is 3. The summed E-state index contributed by atoms with van der Waals surface area (Å²) >= 11 is 4.74. The third-order valence-corrected chi connectivity index (χ3v) is 3.27. The molecule has 0 amide bonds. The zero-order valence-electron chi connectivity index (χ0n) is 7.44. The van der Waals surface area contributed by atoms with E-state index in [0.29, 0.717) is 5.95 Å². The molecule has 0 atom stereocenters. The maximum atomic E-state index is 5.22. The standard InChI is InChI=1S/C7H7BrN6S/c8-4-3-12-6(14-9)13-5(4)15-7-10-1-2-11-7/h1-3H,9H2,(H,10,11)(H,12,13,14). The van der Waals surface area contributed by atoms with E-state index in [1.807, 2.05) is 0 Å². The van der Waals surface area contributed by atoms with E-state index in [-0.39, 0.29) is 0 Å². The fraction of sp³-hybridized carbons (Fsp3) is 0. The summed E-state index contributed by atoms with van der Waals surface area (Å²) in [6.45, 7) is 0. The number of anilines is 1. The van der Waals surface area contributed by atoms with Crippen molar-refractivity contribution in [2.75, 3.05) is 5.43 Å². The van der Waals surface area contributed by atoms with Crippen LogP contribution in [0.15, 0.2) is 33.2 Å². The normalized spacial score (nSPS) is 10.3. The number of imidazole rings is 1. The van der Waals surface area contributed by atoms with Gasteiger partial charge in [0.15, 0.2) is 5.16 Å². The molecule has 78 valence electrons. The smallest absolute Gasteiger partial charge is 0.238 e. The van der Waals surface area contributed by atoms with Crippen LogP contribution in [0.2, 0.25) is 0 Å². The molecule has 2 rings (SSSR count). The first-order valence-electron chi connectivity index (χ1n) is 3.96. The van der Waals surface area contributed by atoms with Gasteiger partial charge in [-0.05, 0) is 27.7 Å². The lowest BCUT2D eigenvalue weighted by Crippen LogP contribution is -2.10. The summed E-state index contributed by atoms with van der Waals surface area (Å²) in [6, 6.07) is 0. The number of nitrogens with two attached hydrogens (primary N) is 1. The second-order valence-corrected chi connectivity index (χ2v) is 4.32. The number of aromatic amines is 1. The van der Waals surface area contributed by atoms with Gasteiger partial charge >= 0.3 is 0 Å². The van der Waals surface area contributed by atoms with Crippen LogP contribution >= 0.6 is 27.7 Å².